The highest BCUT2D eigenvalue weighted by atomic mass is 79.9. The Morgan fingerprint density at radius 3 is 2.94 bits per heavy atom. The lowest BCUT2D eigenvalue weighted by Gasteiger charge is -2.09. The van der Waals surface area contributed by atoms with Gasteiger partial charge in [-0.05, 0) is 18.2 Å². The minimum Gasteiger partial charge on any atom is -0.469 e. The van der Waals surface area contributed by atoms with Crippen LogP contribution in [0.3, 0.4) is 0 Å². The summed E-state index contributed by atoms with van der Waals surface area (Å²) in [6.07, 6.45) is 0. The average Bonchev–Trinajstić information content (AvgIpc) is 2.35. The van der Waals surface area contributed by atoms with Gasteiger partial charge in [-0.25, -0.2) is 0 Å². The van der Waals surface area contributed by atoms with Crippen molar-refractivity contribution in [3.63, 3.8) is 0 Å². The van der Waals surface area contributed by atoms with Gasteiger partial charge in [0.2, 0.25) is 0 Å². The van der Waals surface area contributed by atoms with Gasteiger partial charge in [0.1, 0.15) is 6.07 Å². The third-order valence-electron chi connectivity index (χ3n) is 2.16. The van der Waals surface area contributed by atoms with Gasteiger partial charge in [-0.15, -0.1) is 11.8 Å². The molecule has 1 atom stereocenters. The molecule has 0 aliphatic heterocycles. The van der Waals surface area contributed by atoms with E-state index in [-0.39, 0.29) is 11.9 Å². The van der Waals surface area contributed by atoms with Crippen molar-refractivity contribution in [2.75, 3.05) is 12.9 Å². The Kier molecular flexibility index (Phi) is 5.52. The third kappa shape index (κ3) is 4.06. The van der Waals surface area contributed by atoms with Crippen LogP contribution in [-0.4, -0.2) is 18.8 Å². The SMILES string of the molecule is COC(=O)C(C)CSc1cc(Br)ccc1C#N. The zero-order valence-corrected chi connectivity index (χ0v) is 12.0. The molecule has 0 saturated heterocycles. The Hall–Kier alpha value is -0.990. The molecular formula is C12H12BrNO2S. The lowest BCUT2D eigenvalue weighted by Crippen LogP contribution is -2.14. The second-order valence-electron chi connectivity index (χ2n) is 3.49. The van der Waals surface area contributed by atoms with Gasteiger partial charge in [0.25, 0.3) is 0 Å². The number of esters is 1. The van der Waals surface area contributed by atoms with Gasteiger partial charge in [-0.3, -0.25) is 4.79 Å². The molecule has 0 amide bonds. The lowest BCUT2D eigenvalue weighted by atomic mass is 10.2. The number of thioether (sulfide) groups is 1. The zero-order chi connectivity index (χ0) is 12.8. The summed E-state index contributed by atoms with van der Waals surface area (Å²) in [4.78, 5) is 12.1. The molecule has 17 heavy (non-hydrogen) atoms. The number of carbonyl (C=O) groups excluding carboxylic acids is 1. The first-order valence-corrected chi connectivity index (χ1v) is 6.76. The van der Waals surface area contributed by atoms with Crippen molar-refractivity contribution in [1.29, 1.82) is 5.26 Å². The van der Waals surface area contributed by atoms with E-state index in [1.807, 2.05) is 19.1 Å². The van der Waals surface area contributed by atoms with Crippen LogP contribution in [0.5, 0.6) is 0 Å². The molecule has 1 aromatic rings. The van der Waals surface area contributed by atoms with E-state index in [4.69, 9.17) is 5.26 Å². The molecule has 90 valence electrons. The molecule has 1 rings (SSSR count). The van der Waals surface area contributed by atoms with Crippen molar-refractivity contribution >= 4 is 33.7 Å². The molecule has 1 unspecified atom stereocenters. The molecule has 0 bridgehead atoms. The minimum absolute atomic E-state index is 0.185. The molecule has 0 aliphatic rings. The first-order valence-electron chi connectivity index (χ1n) is 4.98. The number of halogens is 1. The van der Waals surface area contributed by atoms with Gasteiger partial charge in [-0.1, -0.05) is 22.9 Å². The monoisotopic (exact) mass is 313 g/mol. The molecule has 0 aromatic heterocycles. The van der Waals surface area contributed by atoms with E-state index in [9.17, 15) is 4.79 Å². The molecule has 0 spiro atoms. The van der Waals surface area contributed by atoms with Crippen LogP contribution in [-0.2, 0) is 9.53 Å². The molecule has 3 nitrogen and oxygen atoms in total. The van der Waals surface area contributed by atoms with Crippen molar-refractivity contribution in [3.05, 3.63) is 28.2 Å². The summed E-state index contributed by atoms with van der Waals surface area (Å²) in [6, 6.07) is 7.60. The summed E-state index contributed by atoms with van der Waals surface area (Å²) in [6.45, 7) is 1.81. The van der Waals surface area contributed by atoms with Crippen molar-refractivity contribution in [1.82, 2.24) is 0 Å². The van der Waals surface area contributed by atoms with E-state index in [1.54, 1.807) is 6.07 Å². The standard InChI is InChI=1S/C12H12BrNO2S/c1-8(12(15)16-2)7-17-11-5-10(13)4-3-9(11)6-14/h3-5,8H,7H2,1-2H3. The number of ether oxygens (including phenoxy) is 1. The minimum atomic E-state index is -0.231. The van der Waals surface area contributed by atoms with Crippen molar-refractivity contribution in [2.45, 2.75) is 11.8 Å². The summed E-state index contributed by atoms with van der Waals surface area (Å²) in [5.41, 5.74) is 0.621. The highest BCUT2D eigenvalue weighted by molar-refractivity contribution is 9.10. The van der Waals surface area contributed by atoms with E-state index in [0.717, 1.165) is 9.37 Å². The molecule has 0 heterocycles. The topological polar surface area (TPSA) is 50.1 Å². The Morgan fingerprint density at radius 1 is 1.65 bits per heavy atom. The summed E-state index contributed by atoms with van der Waals surface area (Å²) >= 11 is 4.85. The second kappa shape index (κ2) is 6.67. The summed E-state index contributed by atoms with van der Waals surface area (Å²) in [7, 11) is 1.38. The summed E-state index contributed by atoms with van der Waals surface area (Å²) in [5, 5.41) is 8.96. The van der Waals surface area contributed by atoms with Crippen LogP contribution in [0.15, 0.2) is 27.6 Å². The molecule has 0 aliphatic carbocycles. The van der Waals surface area contributed by atoms with Crippen molar-refractivity contribution in [2.24, 2.45) is 5.92 Å². The Bertz CT molecular complexity index is 456. The quantitative estimate of drug-likeness (QED) is 0.632. The van der Waals surface area contributed by atoms with E-state index in [1.165, 1.54) is 18.9 Å². The number of nitrogens with zero attached hydrogens (tertiary/aromatic N) is 1. The molecule has 0 fully saturated rings. The first kappa shape index (κ1) is 14.1. The Labute approximate surface area is 113 Å². The number of hydrogen-bond donors (Lipinski definition) is 0. The van der Waals surface area contributed by atoms with Crippen LogP contribution >= 0.6 is 27.7 Å². The summed E-state index contributed by atoms with van der Waals surface area (Å²) in [5.74, 6) is 0.180. The van der Waals surface area contributed by atoms with Gasteiger partial charge in [-0.2, -0.15) is 5.26 Å². The Balaban J connectivity index is 2.72. The number of hydrogen-bond acceptors (Lipinski definition) is 4. The first-order chi connectivity index (χ1) is 8.08. The second-order valence-corrected chi connectivity index (χ2v) is 5.47. The van der Waals surface area contributed by atoms with E-state index in [0.29, 0.717) is 11.3 Å². The van der Waals surface area contributed by atoms with Crippen LogP contribution in [0.25, 0.3) is 0 Å². The van der Waals surface area contributed by atoms with Crippen LogP contribution < -0.4 is 0 Å². The number of benzene rings is 1. The van der Waals surface area contributed by atoms with Crippen molar-refractivity contribution < 1.29 is 9.53 Å². The van der Waals surface area contributed by atoms with Crippen LogP contribution in [0, 0.1) is 17.2 Å². The average molecular weight is 314 g/mol. The maximum Gasteiger partial charge on any atom is 0.309 e. The maximum atomic E-state index is 11.2. The summed E-state index contributed by atoms with van der Waals surface area (Å²) < 4.78 is 5.58. The van der Waals surface area contributed by atoms with Gasteiger partial charge in [0, 0.05) is 15.1 Å². The number of nitriles is 1. The predicted molar refractivity (Wildman–Crippen MR) is 70.8 cm³/mol. The molecule has 0 saturated carbocycles. The van der Waals surface area contributed by atoms with Gasteiger partial charge in [0.15, 0.2) is 0 Å². The fraction of sp³-hybridized carbons (Fsp3) is 0.333. The lowest BCUT2D eigenvalue weighted by molar-refractivity contribution is -0.143. The van der Waals surface area contributed by atoms with Crippen LogP contribution in [0.1, 0.15) is 12.5 Å². The van der Waals surface area contributed by atoms with Gasteiger partial charge >= 0.3 is 5.97 Å². The van der Waals surface area contributed by atoms with Crippen molar-refractivity contribution in [3.8, 4) is 6.07 Å². The van der Waals surface area contributed by atoms with E-state index in [2.05, 4.69) is 26.7 Å². The van der Waals surface area contributed by atoms with Crippen LogP contribution in [0.2, 0.25) is 0 Å². The normalized spacial score (nSPS) is 11.6. The van der Waals surface area contributed by atoms with Crippen LogP contribution in [0.4, 0.5) is 0 Å². The predicted octanol–water partition coefficient (Wildman–Crippen LogP) is 3.22. The van der Waals surface area contributed by atoms with Gasteiger partial charge < -0.3 is 4.74 Å². The maximum absolute atomic E-state index is 11.2. The smallest absolute Gasteiger partial charge is 0.309 e. The van der Waals surface area contributed by atoms with Gasteiger partial charge in [0.05, 0.1) is 18.6 Å². The molecular weight excluding hydrogens is 302 g/mol. The molecule has 5 heteroatoms. The molecule has 0 radical (unpaired) electrons. The molecule has 1 aromatic carbocycles. The third-order valence-corrected chi connectivity index (χ3v) is 3.97. The zero-order valence-electron chi connectivity index (χ0n) is 9.57. The Morgan fingerprint density at radius 2 is 2.35 bits per heavy atom. The highest BCUT2D eigenvalue weighted by Gasteiger charge is 2.14. The fourth-order valence-electron chi connectivity index (χ4n) is 1.19. The van der Waals surface area contributed by atoms with E-state index >= 15 is 0 Å². The number of methoxy groups -OCH3 is 1. The number of carbonyl (C=O) groups is 1. The molecule has 0 N–H and O–H groups in total. The number of rotatable bonds is 4. The van der Waals surface area contributed by atoms with E-state index < -0.39 is 0 Å². The largest absolute Gasteiger partial charge is 0.469 e. The highest BCUT2D eigenvalue weighted by Crippen LogP contribution is 2.27. The fourth-order valence-corrected chi connectivity index (χ4v) is 2.75.